The minimum absolute atomic E-state index is 0.540. The highest BCUT2D eigenvalue weighted by atomic mass is 16.6. The first-order chi connectivity index (χ1) is 12.3. The summed E-state index contributed by atoms with van der Waals surface area (Å²) in [6, 6.07) is 6.09. The molecule has 2 aliphatic rings. The molecule has 0 bridgehead atoms. The molecule has 1 aromatic rings. The third-order valence-corrected chi connectivity index (χ3v) is 4.69. The highest BCUT2D eigenvalue weighted by Crippen LogP contribution is 2.30. The van der Waals surface area contributed by atoms with Crippen molar-refractivity contribution in [3.05, 3.63) is 23.8 Å². The summed E-state index contributed by atoms with van der Waals surface area (Å²) in [6.45, 7) is 6.55. The van der Waals surface area contributed by atoms with Crippen molar-refractivity contribution < 1.29 is 9.47 Å². The average Bonchev–Trinajstić information content (AvgIpc) is 3.15. The van der Waals surface area contributed by atoms with Crippen molar-refractivity contribution in [3.8, 4) is 11.5 Å². The molecule has 6 nitrogen and oxygen atoms in total. The summed E-state index contributed by atoms with van der Waals surface area (Å²) in [4.78, 5) is 6.95. The van der Waals surface area contributed by atoms with Gasteiger partial charge in [0.05, 0.1) is 0 Å². The molecule has 138 valence electrons. The molecule has 1 saturated heterocycles. The van der Waals surface area contributed by atoms with E-state index in [1.807, 2.05) is 12.1 Å². The summed E-state index contributed by atoms with van der Waals surface area (Å²) in [6.07, 6.45) is 5.90. The Morgan fingerprint density at radius 3 is 2.76 bits per heavy atom. The van der Waals surface area contributed by atoms with Gasteiger partial charge in [0.15, 0.2) is 17.5 Å². The van der Waals surface area contributed by atoms with Gasteiger partial charge in [-0.25, -0.2) is 0 Å². The number of unbranched alkanes of at least 4 members (excludes halogenated alkanes) is 1. The van der Waals surface area contributed by atoms with E-state index in [4.69, 9.17) is 15.2 Å². The molecule has 0 amide bonds. The van der Waals surface area contributed by atoms with Gasteiger partial charge in [-0.3, -0.25) is 4.99 Å². The summed E-state index contributed by atoms with van der Waals surface area (Å²) >= 11 is 0. The van der Waals surface area contributed by atoms with Crippen molar-refractivity contribution in [2.45, 2.75) is 32.1 Å². The Morgan fingerprint density at radius 1 is 1.12 bits per heavy atom. The third kappa shape index (κ3) is 5.81. The maximum absolute atomic E-state index is 5.94. The van der Waals surface area contributed by atoms with Gasteiger partial charge in [0.1, 0.15) is 13.2 Å². The summed E-state index contributed by atoms with van der Waals surface area (Å²) in [5, 5.41) is 3.19. The number of benzene rings is 1. The minimum atomic E-state index is 0.540. The van der Waals surface area contributed by atoms with Crippen LogP contribution in [0.3, 0.4) is 0 Å². The van der Waals surface area contributed by atoms with E-state index >= 15 is 0 Å². The van der Waals surface area contributed by atoms with Gasteiger partial charge in [0.25, 0.3) is 0 Å². The van der Waals surface area contributed by atoms with Crippen LogP contribution in [0.25, 0.3) is 0 Å². The molecule has 6 heteroatoms. The lowest BCUT2D eigenvalue weighted by Crippen LogP contribution is -2.33. The molecular formula is C19H30N4O2. The molecule has 0 aliphatic carbocycles. The largest absolute Gasteiger partial charge is 0.486 e. The molecule has 0 saturated carbocycles. The standard InChI is InChI=1S/C19H30N4O2/c20-19(21-8-1-2-10-23-11-3-4-12-23)22-9-7-16-5-6-17-18(15-16)25-14-13-24-17/h5-6,15H,1-4,7-14H2,(H3,20,21,22). The number of aliphatic imine (C=N–C) groups is 1. The normalized spacial score (nSPS) is 17.7. The Morgan fingerprint density at radius 2 is 1.92 bits per heavy atom. The first kappa shape index (κ1) is 17.9. The predicted octanol–water partition coefficient (Wildman–Crippen LogP) is 1.78. The number of hydrogen-bond acceptors (Lipinski definition) is 4. The third-order valence-electron chi connectivity index (χ3n) is 4.69. The van der Waals surface area contributed by atoms with Gasteiger partial charge in [-0.15, -0.1) is 0 Å². The van der Waals surface area contributed by atoms with Crippen LogP contribution in [0.2, 0.25) is 0 Å². The number of ether oxygens (including phenoxy) is 2. The lowest BCUT2D eigenvalue weighted by Gasteiger charge is -2.18. The Bertz CT molecular complexity index is 571. The van der Waals surface area contributed by atoms with Gasteiger partial charge in [0.2, 0.25) is 0 Å². The zero-order valence-electron chi connectivity index (χ0n) is 15.0. The van der Waals surface area contributed by atoms with E-state index in [1.165, 1.54) is 44.5 Å². The second-order valence-corrected chi connectivity index (χ2v) is 6.68. The number of likely N-dealkylation sites (tertiary alicyclic amines) is 1. The molecule has 3 N–H and O–H groups in total. The first-order valence-electron chi connectivity index (χ1n) is 9.46. The zero-order valence-corrected chi connectivity index (χ0v) is 15.0. The second-order valence-electron chi connectivity index (χ2n) is 6.68. The van der Waals surface area contributed by atoms with Crippen molar-refractivity contribution in [2.75, 3.05) is 45.9 Å². The molecule has 0 atom stereocenters. The zero-order chi connectivity index (χ0) is 17.3. The van der Waals surface area contributed by atoms with Gasteiger partial charge >= 0.3 is 0 Å². The molecule has 0 radical (unpaired) electrons. The summed E-state index contributed by atoms with van der Waals surface area (Å²) < 4.78 is 11.1. The molecule has 1 aromatic carbocycles. The highest BCUT2D eigenvalue weighted by molar-refractivity contribution is 5.77. The number of nitrogens with one attached hydrogen (secondary N) is 1. The van der Waals surface area contributed by atoms with Crippen LogP contribution in [0, 0.1) is 0 Å². The quantitative estimate of drug-likeness (QED) is 0.426. The summed E-state index contributed by atoms with van der Waals surface area (Å²) in [7, 11) is 0. The highest BCUT2D eigenvalue weighted by Gasteiger charge is 2.11. The smallest absolute Gasteiger partial charge is 0.188 e. The molecule has 3 rings (SSSR count). The fourth-order valence-corrected chi connectivity index (χ4v) is 3.29. The van der Waals surface area contributed by atoms with Crippen LogP contribution < -0.4 is 20.5 Å². The van der Waals surface area contributed by atoms with E-state index in [9.17, 15) is 0 Å². The number of nitrogens with zero attached hydrogens (tertiary/aromatic N) is 2. The van der Waals surface area contributed by atoms with E-state index in [-0.39, 0.29) is 0 Å². The van der Waals surface area contributed by atoms with Crippen molar-refractivity contribution in [2.24, 2.45) is 10.7 Å². The first-order valence-corrected chi connectivity index (χ1v) is 9.46. The topological polar surface area (TPSA) is 72.1 Å². The molecule has 0 aromatic heterocycles. The molecule has 0 unspecified atom stereocenters. The van der Waals surface area contributed by atoms with Crippen LogP contribution in [0.4, 0.5) is 0 Å². The van der Waals surface area contributed by atoms with E-state index in [0.29, 0.717) is 19.2 Å². The Hall–Kier alpha value is -1.95. The fourth-order valence-electron chi connectivity index (χ4n) is 3.29. The number of nitrogens with two attached hydrogens (primary N) is 1. The maximum Gasteiger partial charge on any atom is 0.188 e. The Balaban J connectivity index is 1.29. The van der Waals surface area contributed by atoms with Gasteiger partial charge in [0, 0.05) is 13.1 Å². The lowest BCUT2D eigenvalue weighted by atomic mass is 10.1. The van der Waals surface area contributed by atoms with Crippen LogP contribution in [-0.2, 0) is 6.42 Å². The molecule has 25 heavy (non-hydrogen) atoms. The van der Waals surface area contributed by atoms with Gasteiger partial charge in [-0.2, -0.15) is 0 Å². The van der Waals surface area contributed by atoms with E-state index in [0.717, 1.165) is 37.4 Å². The second kappa shape index (κ2) is 9.51. The van der Waals surface area contributed by atoms with Crippen LogP contribution >= 0.6 is 0 Å². The van der Waals surface area contributed by atoms with Crippen LogP contribution in [0.1, 0.15) is 31.2 Å². The molecule has 0 spiro atoms. The molecule has 2 aliphatic heterocycles. The fraction of sp³-hybridized carbons (Fsp3) is 0.632. The number of fused-ring (bicyclic) bond motifs is 1. The van der Waals surface area contributed by atoms with Crippen molar-refractivity contribution in [1.82, 2.24) is 10.2 Å². The Kier molecular flexibility index (Phi) is 6.79. The van der Waals surface area contributed by atoms with Crippen LogP contribution in [0.5, 0.6) is 11.5 Å². The number of rotatable bonds is 8. The van der Waals surface area contributed by atoms with Gasteiger partial charge in [-0.05, 0) is 69.4 Å². The van der Waals surface area contributed by atoms with Crippen LogP contribution in [0.15, 0.2) is 23.2 Å². The van der Waals surface area contributed by atoms with Crippen LogP contribution in [-0.4, -0.2) is 56.8 Å². The number of guanidine groups is 1. The van der Waals surface area contributed by atoms with Gasteiger partial charge in [-0.1, -0.05) is 6.07 Å². The van der Waals surface area contributed by atoms with Crippen molar-refractivity contribution in [1.29, 1.82) is 0 Å². The van der Waals surface area contributed by atoms with Gasteiger partial charge < -0.3 is 25.4 Å². The lowest BCUT2D eigenvalue weighted by molar-refractivity contribution is 0.171. The summed E-state index contributed by atoms with van der Waals surface area (Å²) in [5.41, 5.74) is 7.14. The minimum Gasteiger partial charge on any atom is -0.486 e. The maximum atomic E-state index is 5.94. The molecule has 2 heterocycles. The summed E-state index contributed by atoms with van der Waals surface area (Å²) in [5.74, 6) is 2.21. The monoisotopic (exact) mass is 346 g/mol. The van der Waals surface area contributed by atoms with Crippen molar-refractivity contribution in [3.63, 3.8) is 0 Å². The van der Waals surface area contributed by atoms with E-state index in [1.54, 1.807) is 0 Å². The Labute approximate surface area is 150 Å². The number of hydrogen-bond donors (Lipinski definition) is 2. The molecular weight excluding hydrogens is 316 g/mol. The van der Waals surface area contributed by atoms with E-state index in [2.05, 4.69) is 21.3 Å². The SMILES string of the molecule is NC(=NCCCCN1CCCC1)NCCc1ccc2c(c1)OCCO2. The molecule has 1 fully saturated rings. The van der Waals surface area contributed by atoms with E-state index < -0.39 is 0 Å². The average molecular weight is 346 g/mol. The van der Waals surface area contributed by atoms with Crippen molar-refractivity contribution >= 4 is 5.96 Å². The predicted molar refractivity (Wildman–Crippen MR) is 101 cm³/mol.